The average molecular weight is 777 g/mol. The number of benzene rings is 4. The number of halogens is 2. The van der Waals surface area contributed by atoms with Gasteiger partial charge in [0, 0.05) is 20.5 Å². The summed E-state index contributed by atoms with van der Waals surface area (Å²) in [6.07, 6.45) is 3.83. The van der Waals surface area contributed by atoms with Gasteiger partial charge in [-0.15, -0.1) is 11.8 Å². The van der Waals surface area contributed by atoms with Crippen LogP contribution in [0.5, 0.6) is 5.75 Å². The number of carbonyl (C=O) groups is 1. The van der Waals surface area contributed by atoms with Gasteiger partial charge in [0.1, 0.15) is 12.4 Å². The normalized spacial score (nSPS) is 14.5. The lowest BCUT2D eigenvalue weighted by molar-refractivity contribution is -0.138. The second-order valence-electron chi connectivity index (χ2n) is 10.3. The second kappa shape index (κ2) is 14.4. The maximum absolute atomic E-state index is 14.4. The van der Waals surface area contributed by atoms with Crippen LogP contribution >= 0.6 is 55.0 Å². The van der Waals surface area contributed by atoms with Crippen molar-refractivity contribution in [3.63, 3.8) is 0 Å². The fourth-order valence-corrected chi connectivity index (χ4v) is 8.03. The van der Waals surface area contributed by atoms with E-state index in [0.717, 1.165) is 36.1 Å². The summed E-state index contributed by atoms with van der Waals surface area (Å²) >= 11 is 10.1. The highest BCUT2D eigenvalue weighted by Crippen LogP contribution is 2.37. The van der Waals surface area contributed by atoms with Gasteiger partial charge in [-0.3, -0.25) is 9.36 Å². The topological polar surface area (TPSA) is 69.9 Å². The fraction of sp³-hybridized carbons (Fsp3) is 0.139. The zero-order valence-electron chi connectivity index (χ0n) is 24.9. The van der Waals surface area contributed by atoms with Crippen LogP contribution in [0.15, 0.2) is 126 Å². The molecule has 1 aromatic heterocycles. The standard InChI is InChI=1S/C36H28Br2N2O4S2/c1-3-43-35(42)30-31(23-12-8-5-9-13-23)39-36-40(32(30)24-14-16-27(45-2)17-15-24)34(41)29(46-36)19-25-18-26(37)20-28(38)33(25)44-21-22-10-6-4-7-11-22/h4-20,32H,3,21H2,1-2H3/b29-19-/t32-/m1/s1. The molecule has 10 heteroatoms. The minimum Gasteiger partial charge on any atom is -0.487 e. The summed E-state index contributed by atoms with van der Waals surface area (Å²) in [6.45, 7) is 2.32. The first kappa shape index (κ1) is 32.2. The minimum atomic E-state index is -0.744. The van der Waals surface area contributed by atoms with Crippen molar-refractivity contribution in [2.24, 2.45) is 4.99 Å². The first-order valence-electron chi connectivity index (χ1n) is 14.5. The van der Waals surface area contributed by atoms with Gasteiger partial charge < -0.3 is 9.47 Å². The van der Waals surface area contributed by atoms with Gasteiger partial charge in [0.2, 0.25) is 0 Å². The summed E-state index contributed by atoms with van der Waals surface area (Å²) in [7, 11) is 0. The lowest BCUT2D eigenvalue weighted by Crippen LogP contribution is -2.40. The Kier molecular flexibility index (Phi) is 10.1. The molecular weight excluding hydrogens is 748 g/mol. The van der Waals surface area contributed by atoms with Crippen LogP contribution in [0.25, 0.3) is 11.8 Å². The van der Waals surface area contributed by atoms with E-state index in [1.165, 1.54) is 11.3 Å². The van der Waals surface area contributed by atoms with Crippen LogP contribution in [0.4, 0.5) is 0 Å². The molecule has 0 saturated carbocycles. The van der Waals surface area contributed by atoms with Crippen molar-refractivity contribution >= 4 is 72.7 Å². The Morgan fingerprint density at radius 3 is 2.37 bits per heavy atom. The number of aromatic nitrogens is 1. The number of fused-ring (bicyclic) bond motifs is 1. The summed E-state index contributed by atoms with van der Waals surface area (Å²) in [5.74, 6) is 0.102. The highest BCUT2D eigenvalue weighted by molar-refractivity contribution is 9.11. The van der Waals surface area contributed by atoms with E-state index in [0.29, 0.717) is 33.0 Å². The van der Waals surface area contributed by atoms with Crippen molar-refractivity contribution in [2.75, 3.05) is 12.9 Å². The summed E-state index contributed by atoms with van der Waals surface area (Å²) in [5, 5.41) is 0. The van der Waals surface area contributed by atoms with Gasteiger partial charge in [-0.25, -0.2) is 9.79 Å². The van der Waals surface area contributed by atoms with Gasteiger partial charge in [-0.2, -0.15) is 0 Å². The minimum absolute atomic E-state index is 0.191. The lowest BCUT2D eigenvalue weighted by Gasteiger charge is -2.26. The van der Waals surface area contributed by atoms with E-state index in [-0.39, 0.29) is 12.2 Å². The third-order valence-electron chi connectivity index (χ3n) is 7.35. The summed E-state index contributed by atoms with van der Waals surface area (Å²) in [6, 6.07) is 30.4. The van der Waals surface area contributed by atoms with E-state index >= 15 is 0 Å². The number of rotatable bonds is 9. The zero-order chi connectivity index (χ0) is 32.2. The fourth-order valence-electron chi connectivity index (χ4n) is 5.25. The monoisotopic (exact) mass is 774 g/mol. The molecule has 46 heavy (non-hydrogen) atoms. The van der Waals surface area contributed by atoms with Crippen LogP contribution in [0.1, 0.15) is 35.2 Å². The van der Waals surface area contributed by atoms with Gasteiger partial charge in [-0.1, -0.05) is 100 Å². The Morgan fingerprint density at radius 1 is 1.00 bits per heavy atom. The molecule has 0 saturated heterocycles. The molecule has 2 heterocycles. The largest absolute Gasteiger partial charge is 0.487 e. The number of hydrogen-bond acceptors (Lipinski definition) is 7. The van der Waals surface area contributed by atoms with Crippen LogP contribution in [0.2, 0.25) is 0 Å². The van der Waals surface area contributed by atoms with Gasteiger partial charge >= 0.3 is 5.97 Å². The van der Waals surface area contributed by atoms with Gasteiger partial charge in [-0.05, 0) is 70.6 Å². The summed E-state index contributed by atoms with van der Waals surface area (Å²) in [5.41, 5.74) is 3.84. The quantitative estimate of drug-likeness (QED) is 0.113. The number of ether oxygens (including phenoxy) is 2. The molecule has 4 aromatic carbocycles. The third-order valence-corrected chi connectivity index (χ3v) is 10.1. The zero-order valence-corrected chi connectivity index (χ0v) is 29.7. The summed E-state index contributed by atoms with van der Waals surface area (Å²) in [4.78, 5) is 34.6. The molecule has 0 radical (unpaired) electrons. The SMILES string of the molecule is CCOC(=O)C1=C(c2ccccc2)N=c2s/c(=C\c3cc(Br)cc(Br)c3OCc3ccccc3)c(=O)n2[C@@H]1c1ccc(SC)cc1. The molecule has 0 unspecified atom stereocenters. The van der Waals surface area contributed by atoms with Crippen LogP contribution in [-0.2, 0) is 16.1 Å². The van der Waals surface area contributed by atoms with Crippen molar-refractivity contribution in [3.05, 3.63) is 154 Å². The molecule has 6 rings (SSSR count). The van der Waals surface area contributed by atoms with Crippen molar-refractivity contribution in [3.8, 4) is 5.75 Å². The third kappa shape index (κ3) is 6.71. The maximum atomic E-state index is 14.4. The molecule has 5 aromatic rings. The number of hydrogen-bond donors (Lipinski definition) is 0. The average Bonchev–Trinajstić information content (AvgIpc) is 3.38. The molecule has 0 bridgehead atoms. The second-order valence-corrected chi connectivity index (χ2v) is 13.9. The van der Waals surface area contributed by atoms with Crippen molar-refractivity contribution in [1.29, 1.82) is 0 Å². The molecule has 0 fully saturated rings. The molecule has 6 nitrogen and oxygen atoms in total. The lowest BCUT2D eigenvalue weighted by atomic mass is 9.93. The predicted molar refractivity (Wildman–Crippen MR) is 192 cm³/mol. The van der Waals surface area contributed by atoms with Crippen LogP contribution in [-0.4, -0.2) is 23.4 Å². The first-order chi connectivity index (χ1) is 22.4. The Balaban J connectivity index is 1.57. The highest BCUT2D eigenvalue weighted by Gasteiger charge is 2.35. The van der Waals surface area contributed by atoms with Crippen molar-refractivity contribution in [2.45, 2.75) is 24.5 Å². The predicted octanol–water partition coefficient (Wildman–Crippen LogP) is 7.76. The van der Waals surface area contributed by atoms with E-state index in [1.54, 1.807) is 23.3 Å². The van der Waals surface area contributed by atoms with Gasteiger partial charge in [0.15, 0.2) is 4.80 Å². The molecule has 0 N–H and O–H groups in total. The molecule has 0 spiro atoms. The van der Waals surface area contributed by atoms with Gasteiger partial charge in [0.25, 0.3) is 5.56 Å². The van der Waals surface area contributed by atoms with Crippen LogP contribution in [0.3, 0.4) is 0 Å². The molecule has 1 atom stereocenters. The van der Waals surface area contributed by atoms with E-state index in [9.17, 15) is 9.59 Å². The molecule has 0 amide bonds. The van der Waals surface area contributed by atoms with Crippen molar-refractivity contribution in [1.82, 2.24) is 4.57 Å². The maximum Gasteiger partial charge on any atom is 0.338 e. The molecule has 0 aliphatic carbocycles. The van der Waals surface area contributed by atoms with E-state index in [1.807, 2.05) is 109 Å². The Hall–Kier alpha value is -3.70. The van der Waals surface area contributed by atoms with Gasteiger partial charge in [0.05, 0.1) is 32.9 Å². The number of thiazole rings is 1. The number of carbonyl (C=O) groups excluding carboxylic acids is 1. The Labute approximate surface area is 291 Å². The molecule has 1 aliphatic heterocycles. The van der Waals surface area contributed by atoms with E-state index in [2.05, 4.69) is 31.9 Å². The summed E-state index contributed by atoms with van der Waals surface area (Å²) < 4.78 is 15.5. The van der Waals surface area contributed by atoms with Crippen molar-refractivity contribution < 1.29 is 14.3 Å². The molecule has 1 aliphatic rings. The Bertz CT molecular complexity index is 2110. The van der Waals surface area contributed by atoms with E-state index < -0.39 is 12.0 Å². The van der Waals surface area contributed by atoms with Crippen LogP contribution in [0, 0.1) is 0 Å². The number of esters is 1. The molecule has 232 valence electrons. The first-order valence-corrected chi connectivity index (χ1v) is 18.1. The number of nitrogens with zero attached hydrogens (tertiary/aromatic N) is 2. The van der Waals surface area contributed by atoms with E-state index in [4.69, 9.17) is 14.5 Å². The molecular formula is C36H28Br2N2O4S2. The number of thioether (sulfide) groups is 1. The van der Waals surface area contributed by atoms with Crippen LogP contribution < -0.4 is 19.6 Å². The highest BCUT2D eigenvalue weighted by atomic mass is 79.9. The Morgan fingerprint density at radius 2 is 1.70 bits per heavy atom. The smallest absolute Gasteiger partial charge is 0.338 e.